The number of ether oxygens (including phenoxy) is 1. The van der Waals surface area contributed by atoms with Crippen molar-refractivity contribution in [3.05, 3.63) is 23.3 Å². The van der Waals surface area contributed by atoms with Crippen molar-refractivity contribution < 1.29 is 9.53 Å². The molecule has 4 heteroatoms. The number of carbonyl (C=O) groups is 1. The molecule has 0 N–H and O–H groups in total. The molecule has 0 atom stereocenters. The summed E-state index contributed by atoms with van der Waals surface area (Å²) < 4.78 is 5.34. The molecule has 2 rings (SSSR count). The standard InChI is InChI=1S/C15H22N2O2/c1-5-16(3)10-15(18)17-7-6-12-9-14(19-4)11(2)8-13(12)17/h8-9H,5-7,10H2,1-4H3. The Morgan fingerprint density at radius 1 is 1.47 bits per heavy atom. The van der Waals surface area contributed by atoms with Crippen molar-refractivity contribution in [2.75, 3.05) is 38.7 Å². The van der Waals surface area contributed by atoms with Crippen LogP contribution in [0.3, 0.4) is 0 Å². The SMILES string of the molecule is CCN(C)CC(=O)N1CCc2cc(OC)c(C)cc21. The quantitative estimate of drug-likeness (QED) is 0.830. The molecule has 0 aromatic heterocycles. The molecule has 0 aliphatic carbocycles. The Morgan fingerprint density at radius 3 is 2.84 bits per heavy atom. The van der Waals surface area contributed by atoms with Crippen molar-refractivity contribution in [2.45, 2.75) is 20.3 Å². The highest BCUT2D eigenvalue weighted by Crippen LogP contribution is 2.34. The zero-order valence-corrected chi connectivity index (χ0v) is 12.2. The lowest BCUT2D eigenvalue weighted by atomic mass is 10.1. The summed E-state index contributed by atoms with van der Waals surface area (Å²) >= 11 is 0. The number of rotatable bonds is 4. The Balaban J connectivity index is 2.22. The first-order valence-corrected chi connectivity index (χ1v) is 6.73. The van der Waals surface area contributed by atoms with Gasteiger partial charge in [0.25, 0.3) is 0 Å². The van der Waals surface area contributed by atoms with Crippen LogP contribution in [0.4, 0.5) is 5.69 Å². The van der Waals surface area contributed by atoms with Crippen molar-refractivity contribution >= 4 is 11.6 Å². The van der Waals surface area contributed by atoms with E-state index in [0.717, 1.165) is 36.5 Å². The van der Waals surface area contributed by atoms with Crippen molar-refractivity contribution in [1.29, 1.82) is 0 Å². The van der Waals surface area contributed by atoms with Crippen molar-refractivity contribution in [2.24, 2.45) is 0 Å². The number of aryl methyl sites for hydroxylation is 1. The van der Waals surface area contributed by atoms with E-state index in [9.17, 15) is 4.79 Å². The minimum absolute atomic E-state index is 0.174. The molecule has 0 radical (unpaired) electrons. The van der Waals surface area contributed by atoms with Gasteiger partial charge >= 0.3 is 0 Å². The lowest BCUT2D eigenvalue weighted by Crippen LogP contribution is -2.38. The van der Waals surface area contributed by atoms with Crippen LogP contribution in [-0.4, -0.2) is 44.6 Å². The predicted octanol–water partition coefficient (Wildman–Crippen LogP) is 1.84. The first-order chi connectivity index (χ1) is 9.06. The molecule has 1 aromatic carbocycles. The van der Waals surface area contributed by atoms with Gasteiger partial charge in [-0.15, -0.1) is 0 Å². The molecule has 0 spiro atoms. The zero-order valence-electron chi connectivity index (χ0n) is 12.2. The maximum Gasteiger partial charge on any atom is 0.241 e. The van der Waals surface area contributed by atoms with Gasteiger partial charge < -0.3 is 9.64 Å². The van der Waals surface area contributed by atoms with Gasteiger partial charge in [-0.25, -0.2) is 0 Å². The van der Waals surface area contributed by atoms with Gasteiger partial charge in [0.05, 0.1) is 13.7 Å². The molecule has 1 aromatic rings. The summed E-state index contributed by atoms with van der Waals surface area (Å²) in [5, 5.41) is 0. The average Bonchev–Trinajstić information content (AvgIpc) is 2.80. The minimum Gasteiger partial charge on any atom is -0.496 e. The molecule has 104 valence electrons. The second-order valence-corrected chi connectivity index (χ2v) is 5.08. The number of likely N-dealkylation sites (N-methyl/N-ethyl adjacent to an activating group) is 1. The van der Waals surface area contributed by atoms with Crippen LogP contribution in [0.2, 0.25) is 0 Å². The van der Waals surface area contributed by atoms with Crippen molar-refractivity contribution in [3.8, 4) is 5.75 Å². The first-order valence-electron chi connectivity index (χ1n) is 6.73. The predicted molar refractivity (Wildman–Crippen MR) is 77.0 cm³/mol. The summed E-state index contributed by atoms with van der Waals surface area (Å²) in [6.45, 7) is 6.20. The Bertz CT molecular complexity index is 485. The molecule has 0 saturated heterocycles. The fourth-order valence-corrected chi connectivity index (χ4v) is 2.43. The van der Waals surface area contributed by atoms with E-state index in [2.05, 4.69) is 19.1 Å². The number of carbonyl (C=O) groups excluding carboxylic acids is 1. The van der Waals surface area contributed by atoms with Gasteiger partial charge in [-0.05, 0) is 50.2 Å². The third-order valence-corrected chi connectivity index (χ3v) is 3.74. The largest absolute Gasteiger partial charge is 0.496 e. The average molecular weight is 262 g/mol. The second kappa shape index (κ2) is 5.61. The molecule has 1 amide bonds. The molecule has 0 fully saturated rings. The van der Waals surface area contributed by atoms with Gasteiger partial charge in [0.1, 0.15) is 5.75 Å². The molecule has 0 saturated carbocycles. The molecular formula is C15H22N2O2. The van der Waals surface area contributed by atoms with Gasteiger partial charge in [0.2, 0.25) is 5.91 Å². The van der Waals surface area contributed by atoms with Gasteiger partial charge in [-0.3, -0.25) is 9.69 Å². The number of benzene rings is 1. The molecule has 1 heterocycles. The maximum atomic E-state index is 12.3. The number of hydrogen-bond acceptors (Lipinski definition) is 3. The third kappa shape index (κ3) is 2.73. The Hall–Kier alpha value is -1.55. The number of fused-ring (bicyclic) bond motifs is 1. The molecule has 1 aliphatic heterocycles. The summed E-state index contributed by atoms with van der Waals surface area (Å²) in [5.74, 6) is 1.08. The zero-order chi connectivity index (χ0) is 14.0. The van der Waals surface area contributed by atoms with Gasteiger partial charge in [-0.1, -0.05) is 6.92 Å². The maximum absolute atomic E-state index is 12.3. The smallest absolute Gasteiger partial charge is 0.241 e. The fraction of sp³-hybridized carbons (Fsp3) is 0.533. The molecule has 4 nitrogen and oxygen atoms in total. The van der Waals surface area contributed by atoms with Crippen LogP contribution < -0.4 is 9.64 Å². The number of hydrogen-bond donors (Lipinski definition) is 0. The van der Waals surface area contributed by atoms with E-state index in [1.807, 2.05) is 23.8 Å². The van der Waals surface area contributed by atoms with E-state index in [4.69, 9.17) is 4.74 Å². The van der Waals surface area contributed by atoms with E-state index < -0.39 is 0 Å². The Kier molecular flexibility index (Phi) is 4.10. The summed E-state index contributed by atoms with van der Waals surface area (Å²) in [6, 6.07) is 4.12. The summed E-state index contributed by atoms with van der Waals surface area (Å²) in [4.78, 5) is 16.2. The second-order valence-electron chi connectivity index (χ2n) is 5.08. The van der Waals surface area contributed by atoms with Gasteiger partial charge in [0, 0.05) is 12.2 Å². The highest BCUT2D eigenvalue weighted by molar-refractivity contribution is 5.97. The van der Waals surface area contributed by atoms with Gasteiger partial charge in [0.15, 0.2) is 0 Å². The summed E-state index contributed by atoms with van der Waals surface area (Å²) in [6.07, 6.45) is 0.910. The Morgan fingerprint density at radius 2 is 2.21 bits per heavy atom. The molecule has 0 bridgehead atoms. The third-order valence-electron chi connectivity index (χ3n) is 3.74. The first kappa shape index (κ1) is 13.9. The van der Waals surface area contributed by atoms with Crippen LogP contribution in [-0.2, 0) is 11.2 Å². The van der Waals surface area contributed by atoms with Crippen molar-refractivity contribution in [1.82, 2.24) is 4.90 Å². The van der Waals surface area contributed by atoms with E-state index >= 15 is 0 Å². The number of nitrogens with zero attached hydrogens (tertiary/aromatic N) is 2. The van der Waals surface area contributed by atoms with Crippen LogP contribution in [0.5, 0.6) is 5.75 Å². The van der Waals surface area contributed by atoms with Gasteiger partial charge in [-0.2, -0.15) is 0 Å². The van der Waals surface area contributed by atoms with E-state index in [-0.39, 0.29) is 5.91 Å². The fourth-order valence-electron chi connectivity index (χ4n) is 2.43. The lowest BCUT2D eigenvalue weighted by molar-refractivity contribution is -0.119. The van der Waals surface area contributed by atoms with E-state index in [0.29, 0.717) is 6.54 Å². The molecule has 19 heavy (non-hydrogen) atoms. The monoisotopic (exact) mass is 262 g/mol. The number of methoxy groups -OCH3 is 1. The van der Waals surface area contributed by atoms with Crippen LogP contribution >= 0.6 is 0 Å². The topological polar surface area (TPSA) is 32.8 Å². The van der Waals surface area contributed by atoms with E-state index in [1.165, 1.54) is 5.56 Å². The van der Waals surface area contributed by atoms with E-state index in [1.54, 1.807) is 7.11 Å². The molecule has 1 aliphatic rings. The van der Waals surface area contributed by atoms with Crippen LogP contribution in [0, 0.1) is 6.92 Å². The summed E-state index contributed by atoms with van der Waals surface area (Å²) in [5.41, 5.74) is 3.33. The normalized spacial score (nSPS) is 13.8. The highest BCUT2D eigenvalue weighted by Gasteiger charge is 2.26. The Labute approximate surface area is 115 Å². The molecule has 0 unspecified atom stereocenters. The number of anilines is 1. The lowest BCUT2D eigenvalue weighted by Gasteiger charge is -2.21. The minimum atomic E-state index is 0.174. The van der Waals surface area contributed by atoms with Crippen LogP contribution in [0.15, 0.2) is 12.1 Å². The molecular weight excluding hydrogens is 240 g/mol. The summed E-state index contributed by atoms with van der Waals surface area (Å²) in [7, 11) is 3.65. The highest BCUT2D eigenvalue weighted by atomic mass is 16.5. The number of amides is 1. The van der Waals surface area contributed by atoms with Crippen LogP contribution in [0.25, 0.3) is 0 Å². The van der Waals surface area contributed by atoms with Crippen molar-refractivity contribution in [3.63, 3.8) is 0 Å². The van der Waals surface area contributed by atoms with Crippen LogP contribution in [0.1, 0.15) is 18.1 Å².